The standard InChI is InChI=1S/C28H31FN2O3S/c1-19-8-5-6-11-22(19)27(33)31(28(2,3)4)17-26(32)30-14-12-25-23(13-15-35-25)24(30)18-34-21-10-7-9-20(29)16-21/h5-11,13,15-16,24H,12,14,17-18H2,1-4H3. The van der Waals surface area contributed by atoms with Crippen LogP contribution < -0.4 is 4.74 Å². The van der Waals surface area contributed by atoms with Crippen LogP contribution in [0.4, 0.5) is 4.39 Å². The van der Waals surface area contributed by atoms with Gasteiger partial charge in [0.15, 0.2) is 0 Å². The van der Waals surface area contributed by atoms with Crippen LogP contribution >= 0.6 is 11.3 Å². The fourth-order valence-corrected chi connectivity index (χ4v) is 5.33. The van der Waals surface area contributed by atoms with E-state index in [9.17, 15) is 14.0 Å². The van der Waals surface area contributed by atoms with Crippen LogP contribution in [0.1, 0.15) is 53.2 Å². The van der Waals surface area contributed by atoms with Gasteiger partial charge in [-0.1, -0.05) is 24.3 Å². The molecule has 2 amide bonds. The Bertz CT molecular complexity index is 1220. The molecule has 1 aliphatic heterocycles. The van der Waals surface area contributed by atoms with E-state index in [2.05, 4.69) is 0 Å². The Kier molecular flexibility index (Phi) is 7.26. The first-order valence-electron chi connectivity index (χ1n) is 11.8. The van der Waals surface area contributed by atoms with Crippen LogP contribution in [-0.2, 0) is 11.2 Å². The number of hydrogen-bond acceptors (Lipinski definition) is 4. The molecule has 1 atom stereocenters. The first kappa shape index (κ1) is 24.9. The van der Waals surface area contributed by atoms with Crippen molar-refractivity contribution in [3.05, 3.63) is 87.4 Å². The Balaban J connectivity index is 1.57. The Morgan fingerprint density at radius 1 is 1.14 bits per heavy atom. The average Bonchev–Trinajstić information content (AvgIpc) is 3.29. The third-order valence-electron chi connectivity index (χ3n) is 6.34. The Morgan fingerprint density at radius 3 is 2.63 bits per heavy atom. The van der Waals surface area contributed by atoms with Gasteiger partial charge in [-0.3, -0.25) is 9.59 Å². The van der Waals surface area contributed by atoms with E-state index in [0.29, 0.717) is 17.9 Å². The van der Waals surface area contributed by atoms with Gasteiger partial charge >= 0.3 is 0 Å². The van der Waals surface area contributed by atoms with Crippen molar-refractivity contribution in [2.45, 2.75) is 45.7 Å². The van der Waals surface area contributed by atoms with Gasteiger partial charge in [-0.2, -0.15) is 0 Å². The summed E-state index contributed by atoms with van der Waals surface area (Å²) < 4.78 is 19.6. The van der Waals surface area contributed by atoms with Crippen LogP contribution in [0.5, 0.6) is 5.75 Å². The number of carbonyl (C=O) groups is 2. The van der Waals surface area contributed by atoms with E-state index in [1.807, 2.05) is 57.3 Å². The molecule has 1 unspecified atom stereocenters. The van der Waals surface area contributed by atoms with E-state index in [1.165, 1.54) is 17.0 Å². The van der Waals surface area contributed by atoms with E-state index < -0.39 is 5.54 Å². The zero-order chi connectivity index (χ0) is 25.2. The Morgan fingerprint density at radius 2 is 1.91 bits per heavy atom. The van der Waals surface area contributed by atoms with Gasteiger partial charge < -0.3 is 14.5 Å². The van der Waals surface area contributed by atoms with Gasteiger partial charge in [0.25, 0.3) is 5.91 Å². The first-order valence-corrected chi connectivity index (χ1v) is 12.6. The number of amides is 2. The van der Waals surface area contributed by atoms with Gasteiger partial charge in [-0.05, 0) is 74.9 Å². The molecule has 3 aromatic rings. The monoisotopic (exact) mass is 494 g/mol. The van der Waals surface area contributed by atoms with Gasteiger partial charge in [0.05, 0.1) is 6.04 Å². The maximum absolute atomic E-state index is 13.7. The molecule has 4 rings (SSSR count). The summed E-state index contributed by atoms with van der Waals surface area (Å²) in [6.07, 6.45) is 0.760. The van der Waals surface area contributed by atoms with Gasteiger partial charge in [0.2, 0.25) is 5.91 Å². The summed E-state index contributed by atoms with van der Waals surface area (Å²) in [4.78, 5) is 31.9. The minimum absolute atomic E-state index is 0.0351. The fourth-order valence-electron chi connectivity index (χ4n) is 4.40. The maximum Gasteiger partial charge on any atom is 0.255 e. The number of ether oxygens (including phenoxy) is 1. The second kappa shape index (κ2) is 10.2. The maximum atomic E-state index is 13.7. The summed E-state index contributed by atoms with van der Waals surface area (Å²) in [5.41, 5.74) is 1.98. The second-order valence-electron chi connectivity index (χ2n) is 9.80. The molecule has 0 fully saturated rings. The molecule has 2 aromatic carbocycles. The molecule has 0 spiro atoms. The Labute approximate surface area is 210 Å². The van der Waals surface area contributed by atoms with Crippen molar-refractivity contribution in [2.24, 2.45) is 0 Å². The number of thiophene rings is 1. The normalized spacial score (nSPS) is 15.5. The number of nitrogens with zero attached hydrogens (tertiary/aromatic N) is 2. The molecule has 0 radical (unpaired) electrons. The van der Waals surface area contributed by atoms with Crippen LogP contribution in [0.2, 0.25) is 0 Å². The van der Waals surface area contributed by atoms with E-state index in [4.69, 9.17) is 4.74 Å². The van der Waals surface area contributed by atoms with Crippen molar-refractivity contribution >= 4 is 23.2 Å². The number of benzene rings is 2. The van der Waals surface area contributed by atoms with E-state index in [0.717, 1.165) is 17.5 Å². The van der Waals surface area contributed by atoms with Crippen molar-refractivity contribution in [1.29, 1.82) is 0 Å². The lowest BCUT2D eigenvalue weighted by molar-refractivity contribution is -0.136. The number of halogens is 1. The van der Waals surface area contributed by atoms with Crippen LogP contribution in [-0.4, -0.2) is 46.8 Å². The van der Waals surface area contributed by atoms with E-state index >= 15 is 0 Å². The van der Waals surface area contributed by atoms with Crippen LogP contribution in [0.3, 0.4) is 0 Å². The molecule has 1 aromatic heterocycles. The number of rotatable bonds is 6. The minimum atomic E-state index is -0.550. The van der Waals surface area contributed by atoms with Crippen LogP contribution in [0.25, 0.3) is 0 Å². The molecular weight excluding hydrogens is 463 g/mol. The van der Waals surface area contributed by atoms with E-state index in [-0.39, 0.29) is 36.8 Å². The molecule has 0 bridgehead atoms. The highest BCUT2D eigenvalue weighted by Crippen LogP contribution is 2.34. The third kappa shape index (κ3) is 5.56. The lowest BCUT2D eigenvalue weighted by Crippen LogP contribution is -2.53. The molecule has 7 heteroatoms. The van der Waals surface area contributed by atoms with Crippen molar-refractivity contribution in [2.75, 3.05) is 19.7 Å². The average molecular weight is 495 g/mol. The van der Waals surface area contributed by atoms with Gasteiger partial charge in [0.1, 0.15) is 24.7 Å². The largest absolute Gasteiger partial charge is 0.491 e. The minimum Gasteiger partial charge on any atom is -0.491 e. The highest BCUT2D eigenvalue weighted by Gasteiger charge is 2.36. The predicted molar refractivity (Wildman–Crippen MR) is 136 cm³/mol. The smallest absolute Gasteiger partial charge is 0.255 e. The molecule has 0 N–H and O–H groups in total. The second-order valence-corrected chi connectivity index (χ2v) is 10.8. The highest BCUT2D eigenvalue weighted by molar-refractivity contribution is 7.10. The van der Waals surface area contributed by atoms with Gasteiger partial charge in [-0.15, -0.1) is 11.3 Å². The van der Waals surface area contributed by atoms with Crippen LogP contribution in [0, 0.1) is 12.7 Å². The summed E-state index contributed by atoms with van der Waals surface area (Å²) in [6.45, 7) is 8.43. The molecule has 0 saturated heterocycles. The molecule has 1 aliphatic rings. The zero-order valence-corrected chi connectivity index (χ0v) is 21.4. The van der Waals surface area contributed by atoms with Crippen molar-refractivity contribution < 1.29 is 18.7 Å². The third-order valence-corrected chi connectivity index (χ3v) is 7.34. The predicted octanol–water partition coefficient (Wildman–Crippen LogP) is 5.64. The summed E-state index contributed by atoms with van der Waals surface area (Å²) in [5, 5.41) is 2.02. The lowest BCUT2D eigenvalue weighted by Gasteiger charge is -2.40. The van der Waals surface area contributed by atoms with Crippen LogP contribution in [0.15, 0.2) is 60.0 Å². The quantitative estimate of drug-likeness (QED) is 0.446. The van der Waals surface area contributed by atoms with Crippen molar-refractivity contribution in [1.82, 2.24) is 9.80 Å². The summed E-state index contributed by atoms with van der Waals surface area (Å²) >= 11 is 1.67. The number of aryl methyl sites for hydroxylation is 1. The van der Waals surface area contributed by atoms with E-state index in [1.54, 1.807) is 39.3 Å². The molecule has 5 nitrogen and oxygen atoms in total. The SMILES string of the molecule is Cc1ccccc1C(=O)N(CC(=O)N1CCc2sccc2C1COc1cccc(F)c1)C(C)(C)C. The summed E-state index contributed by atoms with van der Waals surface area (Å²) in [7, 11) is 0. The lowest BCUT2D eigenvalue weighted by atomic mass is 9.99. The number of fused-ring (bicyclic) bond motifs is 1. The zero-order valence-electron chi connectivity index (χ0n) is 20.6. The molecule has 0 saturated carbocycles. The highest BCUT2D eigenvalue weighted by atomic mass is 32.1. The van der Waals surface area contributed by atoms with Gasteiger partial charge in [0, 0.05) is 28.6 Å². The Hall–Kier alpha value is -3.19. The molecule has 35 heavy (non-hydrogen) atoms. The topological polar surface area (TPSA) is 49.9 Å². The fraction of sp³-hybridized carbons (Fsp3) is 0.357. The first-order chi connectivity index (χ1) is 16.6. The number of carbonyl (C=O) groups excluding carboxylic acids is 2. The summed E-state index contributed by atoms with van der Waals surface area (Å²) in [5.74, 6) is -0.243. The van der Waals surface area contributed by atoms with Crippen molar-refractivity contribution in [3.8, 4) is 5.75 Å². The molecule has 184 valence electrons. The summed E-state index contributed by atoms with van der Waals surface area (Å²) in [6, 6.07) is 15.2. The van der Waals surface area contributed by atoms with Crippen molar-refractivity contribution in [3.63, 3.8) is 0 Å². The molecule has 2 heterocycles. The molecule has 0 aliphatic carbocycles. The van der Waals surface area contributed by atoms with Gasteiger partial charge in [-0.25, -0.2) is 4.39 Å². The molecular formula is C28H31FN2O3S. The number of hydrogen-bond donors (Lipinski definition) is 0.